The number of fused-ring (bicyclic) bond motifs is 2. The topological polar surface area (TPSA) is 130 Å². The first-order chi connectivity index (χ1) is 18.1. The number of hydrogen-bond donors (Lipinski definition) is 3. The monoisotopic (exact) mass is 515 g/mol. The third-order valence-electron chi connectivity index (χ3n) is 6.75. The van der Waals surface area contributed by atoms with Gasteiger partial charge in [0.2, 0.25) is 0 Å². The molecule has 0 bridgehead atoms. The van der Waals surface area contributed by atoms with Crippen LogP contribution in [0.4, 0.5) is 11.4 Å². The van der Waals surface area contributed by atoms with Crippen LogP contribution in [0.15, 0.2) is 47.7 Å². The number of aromatic amines is 2. The standard InChI is InChI=1S/C26H29N9O2.CH4/c1-3-17(24-27-8-5-9-28-24)29-23-21(26(36)32-20-15-35(4-2)33-22(20)23)25-30-18-7-6-16(14-19(18)31-25)34-10-12-37-13-11-34;/h5-9,14-15,17,29H,3-4,10-13H2,1-2H3,(H,30,31)(H,32,36);1H4/t17-;/m0./s1. The summed E-state index contributed by atoms with van der Waals surface area (Å²) in [6.07, 6.45) is 6.00. The van der Waals surface area contributed by atoms with E-state index in [1.54, 1.807) is 18.5 Å². The van der Waals surface area contributed by atoms with Crippen molar-refractivity contribution in [3.8, 4) is 11.4 Å². The number of aryl methyl sites for hydroxylation is 1. The minimum Gasteiger partial charge on any atom is -0.378 e. The van der Waals surface area contributed by atoms with E-state index < -0.39 is 0 Å². The van der Waals surface area contributed by atoms with Crippen LogP contribution in [0.3, 0.4) is 0 Å². The number of imidazole rings is 1. The molecular formula is C27H33N9O2. The van der Waals surface area contributed by atoms with Crippen molar-refractivity contribution in [2.45, 2.75) is 40.3 Å². The molecule has 1 aliphatic rings. The molecule has 38 heavy (non-hydrogen) atoms. The number of rotatable bonds is 7. The molecule has 5 aromatic rings. The third kappa shape index (κ3) is 4.60. The van der Waals surface area contributed by atoms with Gasteiger partial charge in [-0.05, 0) is 37.6 Å². The van der Waals surface area contributed by atoms with Crippen LogP contribution in [0, 0.1) is 0 Å². The number of hydrogen-bond acceptors (Lipinski definition) is 8. The quantitative estimate of drug-likeness (QED) is 0.295. The van der Waals surface area contributed by atoms with Crippen molar-refractivity contribution < 1.29 is 4.74 Å². The Morgan fingerprint density at radius 1 is 1.11 bits per heavy atom. The van der Waals surface area contributed by atoms with Gasteiger partial charge in [0.1, 0.15) is 22.7 Å². The van der Waals surface area contributed by atoms with Gasteiger partial charge in [0.25, 0.3) is 5.56 Å². The summed E-state index contributed by atoms with van der Waals surface area (Å²) in [4.78, 5) is 35.9. The minimum absolute atomic E-state index is 0. The second-order valence-corrected chi connectivity index (χ2v) is 9.05. The minimum atomic E-state index is -0.248. The molecule has 0 saturated carbocycles. The molecule has 1 atom stereocenters. The maximum Gasteiger partial charge on any atom is 0.261 e. The van der Waals surface area contributed by atoms with Crippen molar-refractivity contribution in [2.24, 2.45) is 0 Å². The number of anilines is 2. The van der Waals surface area contributed by atoms with E-state index in [0.29, 0.717) is 53.7 Å². The molecule has 1 fully saturated rings. The highest BCUT2D eigenvalue weighted by molar-refractivity contribution is 5.96. The Kier molecular flexibility index (Phi) is 7.10. The first-order valence-electron chi connectivity index (χ1n) is 12.6. The molecular weight excluding hydrogens is 482 g/mol. The number of morpholine rings is 1. The lowest BCUT2D eigenvalue weighted by Gasteiger charge is -2.28. The largest absolute Gasteiger partial charge is 0.378 e. The molecule has 1 saturated heterocycles. The van der Waals surface area contributed by atoms with Gasteiger partial charge in [-0.25, -0.2) is 15.0 Å². The Labute approximate surface area is 220 Å². The van der Waals surface area contributed by atoms with Crippen molar-refractivity contribution in [1.82, 2.24) is 34.7 Å². The molecule has 6 rings (SSSR count). The number of nitrogens with one attached hydrogen (secondary N) is 3. The Bertz CT molecular complexity index is 1600. The smallest absolute Gasteiger partial charge is 0.261 e. The summed E-state index contributed by atoms with van der Waals surface area (Å²) in [6, 6.07) is 7.70. The van der Waals surface area contributed by atoms with Crippen molar-refractivity contribution >= 4 is 33.4 Å². The van der Waals surface area contributed by atoms with E-state index in [2.05, 4.69) is 49.2 Å². The van der Waals surface area contributed by atoms with E-state index in [-0.39, 0.29) is 19.0 Å². The first-order valence-corrected chi connectivity index (χ1v) is 12.6. The van der Waals surface area contributed by atoms with Crippen LogP contribution in [-0.4, -0.2) is 61.0 Å². The third-order valence-corrected chi connectivity index (χ3v) is 6.75. The number of H-pyrrole nitrogens is 2. The Morgan fingerprint density at radius 2 is 1.89 bits per heavy atom. The molecule has 0 aliphatic carbocycles. The second kappa shape index (κ2) is 10.6. The summed E-state index contributed by atoms with van der Waals surface area (Å²) in [6.45, 7) is 7.86. The maximum atomic E-state index is 13.5. The molecule has 4 aromatic heterocycles. The Morgan fingerprint density at radius 3 is 2.63 bits per heavy atom. The molecule has 11 nitrogen and oxygen atoms in total. The first kappa shape index (κ1) is 25.4. The zero-order chi connectivity index (χ0) is 25.4. The van der Waals surface area contributed by atoms with Gasteiger partial charge < -0.3 is 24.9 Å². The number of ether oxygens (including phenoxy) is 1. The van der Waals surface area contributed by atoms with Crippen LogP contribution >= 0.6 is 0 Å². The summed E-state index contributed by atoms with van der Waals surface area (Å²) in [7, 11) is 0. The summed E-state index contributed by atoms with van der Waals surface area (Å²) < 4.78 is 7.30. The molecule has 1 aliphatic heterocycles. The predicted molar refractivity (Wildman–Crippen MR) is 150 cm³/mol. The average molecular weight is 516 g/mol. The number of nitrogens with zero attached hydrogens (tertiary/aromatic N) is 6. The van der Waals surface area contributed by atoms with Crippen molar-refractivity contribution in [3.05, 3.63) is 59.0 Å². The molecule has 1 aromatic carbocycles. The fraction of sp³-hybridized carbons (Fsp3) is 0.370. The normalized spacial score (nSPS) is 14.5. The highest BCUT2D eigenvalue weighted by atomic mass is 16.5. The van der Waals surface area contributed by atoms with Crippen LogP contribution in [0.25, 0.3) is 33.5 Å². The molecule has 0 spiro atoms. The Balaban J connectivity index is 0.00000294. The van der Waals surface area contributed by atoms with Crippen molar-refractivity contribution in [1.29, 1.82) is 0 Å². The molecule has 0 unspecified atom stereocenters. The summed E-state index contributed by atoms with van der Waals surface area (Å²) in [5, 5.41) is 8.29. The highest BCUT2D eigenvalue weighted by Crippen LogP contribution is 2.33. The fourth-order valence-electron chi connectivity index (χ4n) is 4.79. The van der Waals surface area contributed by atoms with Gasteiger partial charge in [-0.15, -0.1) is 0 Å². The molecule has 0 amide bonds. The van der Waals surface area contributed by atoms with Gasteiger partial charge in [0.05, 0.1) is 41.5 Å². The molecule has 198 valence electrons. The van der Waals surface area contributed by atoms with Crippen LogP contribution in [0.5, 0.6) is 0 Å². The van der Waals surface area contributed by atoms with Gasteiger partial charge in [-0.2, -0.15) is 5.10 Å². The van der Waals surface area contributed by atoms with Crippen LogP contribution in [-0.2, 0) is 11.3 Å². The van der Waals surface area contributed by atoms with E-state index in [1.165, 1.54) is 0 Å². The average Bonchev–Trinajstić information content (AvgIpc) is 3.55. The molecule has 0 radical (unpaired) electrons. The number of pyridine rings is 1. The fourth-order valence-corrected chi connectivity index (χ4v) is 4.79. The van der Waals surface area contributed by atoms with E-state index in [1.807, 2.05) is 23.9 Å². The van der Waals surface area contributed by atoms with Gasteiger partial charge in [-0.1, -0.05) is 14.4 Å². The van der Waals surface area contributed by atoms with Gasteiger partial charge >= 0.3 is 0 Å². The van der Waals surface area contributed by atoms with Crippen molar-refractivity contribution in [2.75, 3.05) is 36.5 Å². The van der Waals surface area contributed by atoms with E-state index in [0.717, 1.165) is 36.2 Å². The van der Waals surface area contributed by atoms with Gasteiger partial charge in [-0.3, -0.25) is 9.48 Å². The molecule has 5 heterocycles. The predicted octanol–water partition coefficient (Wildman–Crippen LogP) is 4.11. The SMILES string of the molecule is C.CC[C@H](Nc1c(-c2nc3ccc(N4CCOCC4)cc3[nH]2)c(=O)[nH]c2cn(CC)nc12)c1ncccn1. The summed E-state index contributed by atoms with van der Waals surface area (Å²) in [5.41, 5.74) is 4.85. The number of benzene rings is 1. The van der Waals surface area contributed by atoms with Crippen LogP contribution in [0.1, 0.15) is 39.6 Å². The lowest BCUT2D eigenvalue weighted by Crippen LogP contribution is -2.36. The number of aromatic nitrogens is 7. The molecule has 3 N–H and O–H groups in total. The highest BCUT2D eigenvalue weighted by Gasteiger charge is 2.24. The van der Waals surface area contributed by atoms with E-state index in [4.69, 9.17) is 14.8 Å². The van der Waals surface area contributed by atoms with Gasteiger partial charge in [0, 0.05) is 43.9 Å². The lowest BCUT2D eigenvalue weighted by atomic mass is 10.1. The molecule has 11 heteroatoms. The summed E-state index contributed by atoms with van der Waals surface area (Å²) >= 11 is 0. The zero-order valence-electron chi connectivity index (χ0n) is 20.9. The van der Waals surface area contributed by atoms with Crippen LogP contribution < -0.4 is 15.8 Å². The van der Waals surface area contributed by atoms with E-state index in [9.17, 15) is 4.79 Å². The summed E-state index contributed by atoms with van der Waals surface area (Å²) in [5.74, 6) is 1.13. The van der Waals surface area contributed by atoms with Crippen LogP contribution in [0.2, 0.25) is 0 Å². The second-order valence-electron chi connectivity index (χ2n) is 9.05. The zero-order valence-corrected chi connectivity index (χ0v) is 20.9. The van der Waals surface area contributed by atoms with E-state index >= 15 is 0 Å². The van der Waals surface area contributed by atoms with Gasteiger partial charge in [0.15, 0.2) is 0 Å². The van der Waals surface area contributed by atoms with Crippen molar-refractivity contribution in [3.63, 3.8) is 0 Å². The maximum absolute atomic E-state index is 13.5. The Hall–Kier alpha value is -4.25. The lowest BCUT2D eigenvalue weighted by molar-refractivity contribution is 0.122.